The van der Waals surface area contributed by atoms with Crippen LogP contribution in [0.4, 0.5) is 5.69 Å². The molecule has 0 aliphatic carbocycles. The highest BCUT2D eigenvalue weighted by Gasteiger charge is 2.34. The number of hydrogen-bond acceptors (Lipinski definition) is 9. The van der Waals surface area contributed by atoms with E-state index in [1.54, 1.807) is 43.3 Å². The van der Waals surface area contributed by atoms with Gasteiger partial charge < -0.3 is 9.84 Å². The van der Waals surface area contributed by atoms with Crippen LogP contribution in [0.3, 0.4) is 0 Å². The van der Waals surface area contributed by atoms with E-state index in [9.17, 15) is 29.1 Å². The maximum atomic E-state index is 12.2. The number of aryl methyl sites for hydroxylation is 1. The van der Waals surface area contributed by atoms with Gasteiger partial charge in [-0.25, -0.2) is 4.79 Å². The third-order valence-electron chi connectivity index (χ3n) is 4.42. The molecule has 0 aromatic heterocycles. The summed E-state index contributed by atoms with van der Waals surface area (Å²) in [7, 11) is -3.22. The highest BCUT2D eigenvalue weighted by Crippen LogP contribution is 2.44. The topological polar surface area (TPSA) is 145 Å². The predicted octanol–water partition coefficient (Wildman–Crippen LogP) is 2.56. The van der Waals surface area contributed by atoms with Gasteiger partial charge in [0.2, 0.25) is 0 Å². The Hall–Kier alpha value is -2.54. The van der Waals surface area contributed by atoms with Crippen molar-refractivity contribution in [3.8, 4) is 0 Å². The number of nitro groups is 1. The molecule has 1 atom stereocenters. The van der Waals surface area contributed by atoms with Crippen molar-refractivity contribution in [3.63, 3.8) is 0 Å². The number of carbonyl (C=O) groups is 1. The zero-order valence-corrected chi connectivity index (χ0v) is 16.3. The molecule has 0 amide bonds. The van der Waals surface area contributed by atoms with Crippen LogP contribution in [0.15, 0.2) is 42.5 Å². The summed E-state index contributed by atoms with van der Waals surface area (Å²) >= 11 is 0. The molecular formula is C18H21N3O7S. The summed E-state index contributed by atoms with van der Waals surface area (Å²) in [5.74, 6) is -0.581. The third-order valence-corrected chi connectivity index (χ3v) is 6.01. The molecule has 1 unspecified atom stereocenters. The number of β-amino-alcohol motifs (C(OH)–C–C–N with tert-alkyl or cyclic N) is 1. The number of ether oxygens (including phenoxy) is 1. The Morgan fingerprint density at radius 2 is 1.93 bits per heavy atom. The fraction of sp³-hybridized carbons (Fsp3) is 0.278. The minimum absolute atomic E-state index is 0.0320. The maximum absolute atomic E-state index is 12.2. The van der Waals surface area contributed by atoms with Crippen LogP contribution in [0.2, 0.25) is 0 Å². The number of aliphatic hydroxyl groups is 1. The summed E-state index contributed by atoms with van der Waals surface area (Å²) in [6, 6.07) is 11.0. The summed E-state index contributed by atoms with van der Waals surface area (Å²) in [5.41, 5.74) is 2.01. The molecule has 10 nitrogen and oxygen atoms in total. The first-order chi connectivity index (χ1) is 13.7. The average Bonchev–Trinajstić information content (AvgIpc) is 2.92. The Morgan fingerprint density at radius 3 is 2.52 bits per heavy atom. The van der Waals surface area contributed by atoms with E-state index in [-0.39, 0.29) is 25.4 Å². The van der Waals surface area contributed by atoms with Crippen molar-refractivity contribution in [2.45, 2.75) is 26.3 Å². The predicted molar refractivity (Wildman–Crippen MR) is 106 cm³/mol. The molecule has 0 saturated carbocycles. The first kappa shape index (κ1) is 21.2. The van der Waals surface area contributed by atoms with Gasteiger partial charge in [0.1, 0.15) is 12.8 Å². The fourth-order valence-electron chi connectivity index (χ4n) is 2.87. The van der Waals surface area contributed by atoms with E-state index in [0.29, 0.717) is 22.3 Å². The normalized spacial score (nSPS) is 19.7. The molecule has 1 aliphatic heterocycles. The van der Waals surface area contributed by atoms with Crippen molar-refractivity contribution in [1.82, 2.24) is 9.03 Å². The van der Waals surface area contributed by atoms with Gasteiger partial charge in [-0.15, -0.1) is 0 Å². The van der Waals surface area contributed by atoms with Gasteiger partial charge in [-0.05, 0) is 30.2 Å². The van der Waals surface area contributed by atoms with Crippen molar-refractivity contribution < 1.29 is 28.7 Å². The lowest BCUT2D eigenvalue weighted by molar-refractivity contribution is -0.385. The van der Waals surface area contributed by atoms with Gasteiger partial charge in [0.05, 0.1) is 17.0 Å². The van der Waals surface area contributed by atoms with Gasteiger partial charge in [0, 0.05) is 18.2 Å². The molecule has 1 aliphatic rings. The van der Waals surface area contributed by atoms with Crippen LogP contribution in [0.1, 0.15) is 27.0 Å². The van der Waals surface area contributed by atoms with E-state index in [1.165, 1.54) is 10.4 Å². The lowest BCUT2D eigenvalue weighted by atomic mass is 10.1. The minimum Gasteiger partial charge on any atom is -0.457 e. The largest absolute Gasteiger partial charge is 0.457 e. The number of rotatable bonds is 6. The molecule has 2 aromatic rings. The van der Waals surface area contributed by atoms with Crippen LogP contribution < -0.4 is 4.72 Å². The molecule has 2 aromatic carbocycles. The molecule has 4 N–H and O–H groups in total. The van der Waals surface area contributed by atoms with Crippen LogP contribution in [-0.2, 0) is 17.9 Å². The standard InChI is InChI=1S/C18H21N3O7S/c1-12-2-3-14(8-16(12)21(24)25)11-28-18(23)15-6-4-13(5-7-15)9-20-10-17(22)19-29(20,26)27/h2-8,17,19,22,26-27H,9-11H2,1H3. The number of benzene rings is 2. The Labute approximate surface area is 168 Å². The lowest BCUT2D eigenvalue weighted by Crippen LogP contribution is -2.25. The third kappa shape index (κ3) is 5.09. The molecule has 0 radical (unpaired) electrons. The molecule has 3 rings (SSSR count). The van der Waals surface area contributed by atoms with Crippen molar-refractivity contribution in [2.24, 2.45) is 0 Å². The van der Waals surface area contributed by atoms with E-state index >= 15 is 0 Å². The quantitative estimate of drug-likeness (QED) is 0.313. The lowest BCUT2D eigenvalue weighted by Gasteiger charge is -2.35. The molecule has 156 valence electrons. The van der Waals surface area contributed by atoms with Crippen LogP contribution in [0, 0.1) is 17.0 Å². The first-order valence-corrected chi connectivity index (χ1v) is 10.1. The number of carbonyl (C=O) groups excluding carboxylic acids is 1. The SMILES string of the molecule is Cc1ccc(COC(=O)c2ccc(CN3CC(O)NS3(O)O)cc2)cc1[N+](=O)[O-]. The van der Waals surface area contributed by atoms with Gasteiger partial charge >= 0.3 is 5.97 Å². The summed E-state index contributed by atoms with van der Waals surface area (Å²) < 4.78 is 28.5. The second kappa shape index (κ2) is 8.45. The summed E-state index contributed by atoms with van der Waals surface area (Å²) in [6.45, 7) is 1.77. The van der Waals surface area contributed by atoms with Crippen LogP contribution >= 0.6 is 11.0 Å². The van der Waals surface area contributed by atoms with Crippen LogP contribution in [-0.4, -0.2) is 42.2 Å². The number of nitro benzene ring substituents is 1. The van der Waals surface area contributed by atoms with E-state index in [2.05, 4.69) is 4.72 Å². The van der Waals surface area contributed by atoms with Crippen molar-refractivity contribution in [3.05, 3.63) is 74.8 Å². The fourth-order valence-corrected chi connectivity index (χ4v) is 4.14. The van der Waals surface area contributed by atoms with Crippen molar-refractivity contribution in [1.29, 1.82) is 0 Å². The Bertz CT molecular complexity index is 920. The molecular weight excluding hydrogens is 402 g/mol. The summed E-state index contributed by atoms with van der Waals surface area (Å²) in [5, 5.41) is 20.5. The molecule has 29 heavy (non-hydrogen) atoms. The van der Waals surface area contributed by atoms with Crippen LogP contribution in [0.25, 0.3) is 0 Å². The zero-order valence-electron chi connectivity index (χ0n) is 15.5. The number of esters is 1. The molecule has 0 spiro atoms. The van der Waals surface area contributed by atoms with Crippen molar-refractivity contribution >= 4 is 22.6 Å². The summed E-state index contributed by atoms with van der Waals surface area (Å²) in [6.07, 6.45) is -1.02. The van der Waals surface area contributed by atoms with Gasteiger partial charge in [0.15, 0.2) is 0 Å². The highest BCUT2D eigenvalue weighted by molar-refractivity contribution is 8.20. The second-order valence-corrected chi connectivity index (χ2v) is 8.42. The number of aliphatic hydroxyl groups excluding tert-OH is 1. The maximum Gasteiger partial charge on any atom is 0.338 e. The van der Waals surface area contributed by atoms with Gasteiger partial charge in [-0.1, -0.05) is 35.2 Å². The van der Waals surface area contributed by atoms with Gasteiger partial charge in [-0.3, -0.25) is 19.2 Å². The molecule has 1 saturated heterocycles. The van der Waals surface area contributed by atoms with Gasteiger partial charge in [0.25, 0.3) is 5.69 Å². The van der Waals surface area contributed by atoms with Crippen LogP contribution in [0.5, 0.6) is 0 Å². The van der Waals surface area contributed by atoms with E-state index in [4.69, 9.17) is 4.74 Å². The van der Waals surface area contributed by atoms with E-state index in [0.717, 1.165) is 0 Å². The Kier molecular flexibility index (Phi) is 6.17. The van der Waals surface area contributed by atoms with Gasteiger partial charge in [-0.2, -0.15) is 9.03 Å². The number of nitrogens with one attached hydrogen (secondary N) is 1. The minimum atomic E-state index is -3.22. The van der Waals surface area contributed by atoms with E-state index in [1.807, 2.05) is 0 Å². The molecule has 1 fully saturated rings. The second-order valence-electron chi connectivity index (χ2n) is 6.63. The molecule has 0 bridgehead atoms. The molecule has 1 heterocycles. The number of nitrogens with zero attached hydrogens (tertiary/aromatic N) is 2. The average molecular weight is 423 g/mol. The Morgan fingerprint density at radius 1 is 1.28 bits per heavy atom. The highest BCUT2D eigenvalue weighted by atomic mass is 32.3. The molecule has 11 heteroatoms. The first-order valence-electron chi connectivity index (χ1n) is 8.64. The zero-order chi connectivity index (χ0) is 21.2. The Balaban J connectivity index is 1.59. The summed E-state index contributed by atoms with van der Waals surface area (Å²) in [4.78, 5) is 22.7. The number of hydrogen-bond donors (Lipinski definition) is 4. The monoisotopic (exact) mass is 423 g/mol. The van der Waals surface area contributed by atoms with Crippen molar-refractivity contribution in [2.75, 3.05) is 6.54 Å². The smallest absolute Gasteiger partial charge is 0.338 e. The van der Waals surface area contributed by atoms with E-state index < -0.39 is 28.1 Å².